The summed E-state index contributed by atoms with van der Waals surface area (Å²) in [5.41, 5.74) is 7.83. The van der Waals surface area contributed by atoms with E-state index in [0.29, 0.717) is 0 Å². The van der Waals surface area contributed by atoms with Crippen LogP contribution < -0.4 is 16.0 Å². The van der Waals surface area contributed by atoms with Crippen molar-refractivity contribution in [3.8, 4) is 0 Å². The number of nitrogens with zero attached hydrogens (tertiary/aromatic N) is 1. The molecular weight excluding hydrogens is 186 g/mol. The summed E-state index contributed by atoms with van der Waals surface area (Å²) in [4.78, 5) is 2.10. The Bertz CT molecular complexity index is 267. The van der Waals surface area contributed by atoms with Crippen molar-refractivity contribution in [1.29, 1.82) is 0 Å². The van der Waals surface area contributed by atoms with Gasteiger partial charge in [-0.2, -0.15) is 0 Å². The van der Waals surface area contributed by atoms with Crippen molar-refractivity contribution in [3.05, 3.63) is 24.3 Å². The molecule has 0 saturated carbocycles. The van der Waals surface area contributed by atoms with Crippen LogP contribution >= 0.6 is 0 Å². The fourth-order valence-corrected chi connectivity index (χ4v) is 1.38. The first kappa shape index (κ1) is 11.9. The maximum Gasteiger partial charge on any atom is 0.0362 e. The molecule has 15 heavy (non-hydrogen) atoms. The predicted molar refractivity (Wildman–Crippen MR) is 67.5 cm³/mol. The second-order valence-electron chi connectivity index (χ2n) is 3.86. The minimum atomic E-state index is 0.779. The molecule has 0 spiro atoms. The van der Waals surface area contributed by atoms with Gasteiger partial charge in [-0.05, 0) is 43.7 Å². The largest absolute Gasteiger partial charge is 0.385 e. The lowest BCUT2D eigenvalue weighted by Crippen LogP contribution is -2.09. The number of anilines is 2. The normalized spacial score (nSPS) is 10.1. The number of hydrogen-bond acceptors (Lipinski definition) is 3. The fraction of sp³-hybridized carbons (Fsp3) is 0.500. The lowest BCUT2D eigenvalue weighted by molar-refractivity contribution is 0.774. The number of rotatable bonds is 6. The molecule has 0 unspecified atom stereocenters. The topological polar surface area (TPSA) is 41.3 Å². The number of benzene rings is 1. The molecule has 0 aliphatic carbocycles. The van der Waals surface area contributed by atoms with Crippen LogP contribution in [0, 0.1) is 0 Å². The molecule has 0 heterocycles. The first-order valence-electron chi connectivity index (χ1n) is 5.45. The molecule has 3 heteroatoms. The standard InChI is InChI=1S/C12H21N3/c1-15(2)12-7-5-11(6-8-12)14-10-4-3-9-13/h5-8,14H,3-4,9-10,13H2,1-2H3. The summed E-state index contributed by atoms with van der Waals surface area (Å²) in [6.07, 6.45) is 2.22. The molecule has 1 rings (SSSR count). The zero-order valence-corrected chi connectivity index (χ0v) is 9.66. The molecule has 0 radical (unpaired) electrons. The molecule has 3 nitrogen and oxygen atoms in total. The molecule has 3 N–H and O–H groups in total. The molecular formula is C12H21N3. The molecule has 84 valence electrons. The Hall–Kier alpha value is -1.22. The van der Waals surface area contributed by atoms with E-state index in [4.69, 9.17) is 5.73 Å². The van der Waals surface area contributed by atoms with Crippen LogP contribution in [0.3, 0.4) is 0 Å². The Kier molecular flexibility index (Phi) is 4.98. The number of nitrogens with two attached hydrogens (primary N) is 1. The van der Waals surface area contributed by atoms with E-state index in [1.54, 1.807) is 0 Å². The number of hydrogen-bond donors (Lipinski definition) is 2. The molecule has 0 aromatic heterocycles. The average molecular weight is 207 g/mol. The SMILES string of the molecule is CN(C)c1ccc(NCCCCN)cc1. The van der Waals surface area contributed by atoms with Crippen molar-refractivity contribution in [2.45, 2.75) is 12.8 Å². The second-order valence-corrected chi connectivity index (χ2v) is 3.86. The van der Waals surface area contributed by atoms with Crippen LogP contribution in [0.5, 0.6) is 0 Å². The van der Waals surface area contributed by atoms with Crippen LogP contribution in [0.15, 0.2) is 24.3 Å². The third-order valence-electron chi connectivity index (χ3n) is 2.34. The van der Waals surface area contributed by atoms with E-state index < -0.39 is 0 Å². The van der Waals surface area contributed by atoms with Gasteiger partial charge in [0.2, 0.25) is 0 Å². The molecule has 0 atom stereocenters. The number of nitrogens with one attached hydrogen (secondary N) is 1. The highest BCUT2D eigenvalue weighted by atomic mass is 15.1. The van der Waals surface area contributed by atoms with Crippen molar-refractivity contribution in [1.82, 2.24) is 0 Å². The maximum absolute atomic E-state index is 5.43. The zero-order chi connectivity index (χ0) is 11.1. The van der Waals surface area contributed by atoms with E-state index in [9.17, 15) is 0 Å². The Morgan fingerprint density at radius 2 is 1.80 bits per heavy atom. The molecule has 0 aliphatic heterocycles. The van der Waals surface area contributed by atoms with Crippen LogP contribution in [0.2, 0.25) is 0 Å². The third kappa shape index (κ3) is 4.21. The number of unbranched alkanes of at least 4 members (excludes halogenated alkanes) is 1. The molecule has 1 aromatic carbocycles. The predicted octanol–water partition coefficient (Wildman–Crippen LogP) is 1.90. The van der Waals surface area contributed by atoms with Crippen LogP contribution in [-0.4, -0.2) is 27.2 Å². The minimum absolute atomic E-state index is 0.779. The van der Waals surface area contributed by atoms with Gasteiger partial charge in [0.05, 0.1) is 0 Å². The van der Waals surface area contributed by atoms with Crippen molar-refractivity contribution in [2.75, 3.05) is 37.4 Å². The smallest absolute Gasteiger partial charge is 0.0362 e. The summed E-state index contributed by atoms with van der Waals surface area (Å²) >= 11 is 0. The summed E-state index contributed by atoms with van der Waals surface area (Å²) in [5, 5.41) is 3.37. The van der Waals surface area contributed by atoms with Gasteiger partial charge in [0.1, 0.15) is 0 Å². The van der Waals surface area contributed by atoms with Gasteiger partial charge in [-0.3, -0.25) is 0 Å². The van der Waals surface area contributed by atoms with Crippen LogP contribution in [0.4, 0.5) is 11.4 Å². The average Bonchev–Trinajstić information content (AvgIpc) is 2.25. The molecule has 0 aliphatic rings. The summed E-state index contributed by atoms with van der Waals surface area (Å²) in [6, 6.07) is 8.45. The van der Waals surface area contributed by atoms with Gasteiger partial charge in [-0.15, -0.1) is 0 Å². The van der Waals surface area contributed by atoms with Crippen LogP contribution in [-0.2, 0) is 0 Å². The highest BCUT2D eigenvalue weighted by Gasteiger charge is 1.95. The lowest BCUT2D eigenvalue weighted by atomic mass is 10.2. The molecule has 0 fully saturated rings. The maximum atomic E-state index is 5.43. The van der Waals surface area contributed by atoms with E-state index in [-0.39, 0.29) is 0 Å². The molecule has 0 amide bonds. The lowest BCUT2D eigenvalue weighted by Gasteiger charge is -2.13. The van der Waals surface area contributed by atoms with Crippen molar-refractivity contribution < 1.29 is 0 Å². The van der Waals surface area contributed by atoms with Gasteiger partial charge in [-0.1, -0.05) is 0 Å². The molecule has 0 saturated heterocycles. The van der Waals surface area contributed by atoms with Gasteiger partial charge >= 0.3 is 0 Å². The quantitative estimate of drug-likeness (QED) is 0.700. The van der Waals surface area contributed by atoms with E-state index in [1.807, 2.05) is 14.1 Å². The van der Waals surface area contributed by atoms with E-state index in [0.717, 1.165) is 25.9 Å². The summed E-state index contributed by atoms with van der Waals surface area (Å²) in [5.74, 6) is 0. The Balaban J connectivity index is 2.36. The van der Waals surface area contributed by atoms with Crippen molar-refractivity contribution in [2.24, 2.45) is 5.73 Å². The van der Waals surface area contributed by atoms with E-state index in [2.05, 4.69) is 34.5 Å². The van der Waals surface area contributed by atoms with Crippen LogP contribution in [0.1, 0.15) is 12.8 Å². The van der Waals surface area contributed by atoms with Crippen molar-refractivity contribution in [3.63, 3.8) is 0 Å². The molecule has 1 aromatic rings. The van der Waals surface area contributed by atoms with Gasteiger partial charge in [0, 0.05) is 32.0 Å². The second kappa shape index (κ2) is 6.30. The Morgan fingerprint density at radius 3 is 2.33 bits per heavy atom. The van der Waals surface area contributed by atoms with E-state index in [1.165, 1.54) is 11.4 Å². The van der Waals surface area contributed by atoms with Gasteiger partial charge < -0.3 is 16.0 Å². The Morgan fingerprint density at radius 1 is 1.13 bits per heavy atom. The van der Waals surface area contributed by atoms with Gasteiger partial charge in [0.25, 0.3) is 0 Å². The monoisotopic (exact) mass is 207 g/mol. The zero-order valence-electron chi connectivity index (χ0n) is 9.66. The summed E-state index contributed by atoms with van der Waals surface area (Å²) in [6.45, 7) is 1.78. The van der Waals surface area contributed by atoms with Crippen molar-refractivity contribution >= 4 is 11.4 Å². The van der Waals surface area contributed by atoms with E-state index >= 15 is 0 Å². The first-order valence-corrected chi connectivity index (χ1v) is 5.45. The third-order valence-corrected chi connectivity index (χ3v) is 2.34. The summed E-state index contributed by atoms with van der Waals surface area (Å²) < 4.78 is 0. The Labute approximate surface area is 92.3 Å². The highest BCUT2D eigenvalue weighted by molar-refractivity contribution is 5.54. The van der Waals surface area contributed by atoms with Gasteiger partial charge in [0.15, 0.2) is 0 Å². The molecule has 0 bridgehead atoms. The first-order chi connectivity index (χ1) is 7.24. The van der Waals surface area contributed by atoms with Crippen LogP contribution in [0.25, 0.3) is 0 Å². The summed E-state index contributed by atoms with van der Waals surface area (Å²) in [7, 11) is 4.09. The van der Waals surface area contributed by atoms with Gasteiger partial charge in [-0.25, -0.2) is 0 Å². The fourth-order valence-electron chi connectivity index (χ4n) is 1.38. The highest BCUT2D eigenvalue weighted by Crippen LogP contribution is 2.15. The minimum Gasteiger partial charge on any atom is -0.385 e.